The predicted octanol–water partition coefficient (Wildman–Crippen LogP) is 1.41. The second kappa shape index (κ2) is 5.56. The first-order valence-electron chi connectivity index (χ1n) is 4.63. The van der Waals surface area contributed by atoms with Crippen LogP contribution in [0.25, 0.3) is 0 Å². The Labute approximate surface area is 69.3 Å². The Balaban J connectivity index is 1.86. The van der Waals surface area contributed by atoms with Crippen LogP contribution in [0.1, 0.15) is 25.7 Å². The van der Waals surface area contributed by atoms with Crippen LogP contribution in [0.3, 0.4) is 0 Å². The Morgan fingerprint density at radius 3 is 2.73 bits per heavy atom. The number of hydrogen-bond donors (Lipinski definition) is 1. The van der Waals surface area contributed by atoms with Gasteiger partial charge in [-0.2, -0.15) is 0 Å². The van der Waals surface area contributed by atoms with Crippen molar-refractivity contribution in [3.8, 4) is 0 Å². The van der Waals surface area contributed by atoms with E-state index in [1.807, 2.05) is 0 Å². The largest absolute Gasteiger partial charge is 0.383 e. The van der Waals surface area contributed by atoms with Crippen molar-refractivity contribution in [3.63, 3.8) is 0 Å². The summed E-state index contributed by atoms with van der Waals surface area (Å²) in [6.45, 7) is 3.04. The molecule has 0 radical (unpaired) electrons. The van der Waals surface area contributed by atoms with Crippen LogP contribution < -0.4 is 5.32 Å². The minimum absolute atomic E-state index is 0.840. The molecule has 0 unspecified atom stereocenters. The summed E-state index contributed by atoms with van der Waals surface area (Å²) < 4.78 is 4.94. The van der Waals surface area contributed by atoms with Crippen LogP contribution in [0.4, 0.5) is 0 Å². The summed E-state index contributed by atoms with van der Waals surface area (Å²) in [5.74, 6) is 0.951. The lowest BCUT2D eigenvalue weighted by molar-refractivity contribution is 0.198. The van der Waals surface area contributed by atoms with Crippen LogP contribution in [-0.4, -0.2) is 26.8 Å². The van der Waals surface area contributed by atoms with E-state index in [1.54, 1.807) is 7.11 Å². The molecule has 0 saturated heterocycles. The van der Waals surface area contributed by atoms with Gasteiger partial charge in [0, 0.05) is 13.7 Å². The summed E-state index contributed by atoms with van der Waals surface area (Å²) >= 11 is 0. The molecule has 1 fully saturated rings. The Bertz CT molecular complexity index is 89.6. The van der Waals surface area contributed by atoms with E-state index >= 15 is 0 Å². The zero-order valence-corrected chi connectivity index (χ0v) is 7.44. The first kappa shape index (κ1) is 9.01. The van der Waals surface area contributed by atoms with Gasteiger partial charge in [0.1, 0.15) is 0 Å². The maximum absolute atomic E-state index is 4.94. The van der Waals surface area contributed by atoms with E-state index in [-0.39, 0.29) is 0 Å². The number of ether oxygens (including phenoxy) is 1. The first-order valence-corrected chi connectivity index (χ1v) is 4.63. The molecule has 0 amide bonds. The molecule has 1 saturated carbocycles. The van der Waals surface area contributed by atoms with E-state index in [2.05, 4.69) is 5.32 Å². The van der Waals surface area contributed by atoms with Crippen molar-refractivity contribution in [1.29, 1.82) is 0 Å². The highest BCUT2D eigenvalue weighted by atomic mass is 16.5. The fourth-order valence-corrected chi connectivity index (χ4v) is 1.69. The van der Waals surface area contributed by atoms with E-state index in [9.17, 15) is 0 Å². The minimum atomic E-state index is 0.840. The highest BCUT2D eigenvalue weighted by molar-refractivity contribution is 4.68. The Kier molecular flexibility index (Phi) is 4.55. The van der Waals surface area contributed by atoms with E-state index < -0.39 is 0 Å². The lowest BCUT2D eigenvalue weighted by Gasteiger charge is -2.09. The number of methoxy groups -OCH3 is 1. The average molecular weight is 157 g/mol. The fourth-order valence-electron chi connectivity index (χ4n) is 1.69. The van der Waals surface area contributed by atoms with E-state index in [4.69, 9.17) is 4.74 Å². The van der Waals surface area contributed by atoms with Crippen LogP contribution in [0.5, 0.6) is 0 Å². The van der Waals surface area contributed by atoms with Gasteiger partial charge >= 0.3 is 0 Å². The molecule has 1 aliphatic carbocycles. The van der Waals surface area contributed by atoms with Gasteiger partial charge in [0.2, 0.25) is 0 Å². The van der Waals surface area contributed by atoms with Crippen molar-refractivity contribution in [2.45, 2.75) is 25.7 Å². The summed E-state index contributed by atoms with van der Waals surface area (Å²) in [5, 5.41) is 3.40. The lowest BCUT2D eigenvalue weighted by atomic mass is 10.1. The third-order valence-electron chi connectivity index (χ3n) is 2.39. The van der Waals surface area contributed by atoms with Crippen molar-refractivity contribution in [1.82, 2.24) is 5.32 Å². The zero-order valence-electron chi connectivity index (χ0n) is 7.44. The number of nitrogens with one attached hydrogen (secondary N) is 1. The molecule has 1 aliphatic rings. The molecular weight excluding hydrogens is 138 g/mol. The van der Waals surface area contributed by atoms with Crippen LogP contribution >= 0.6 is 0 Å². The second-order valence-electron chi connectivity index (χ2n) is 3.35. The normalized spacial score (nSPS) is 19.4. The van der Waals surface area contributed by atoms with Gasteiger partial charge in [-0.1, -0.05) is 12.8 Å². The molecule has 1 rings (SSSR count). The fraction of sp³-hybridized carbons (Fsp3) is 1.00. The molecule has 66 valence electrons. The standard InChI is InChI=1S/C9H19NO/c1-11-7-6-10-8-9-4-2-3-5-9/h9-10H,2-8H2,1H3. The van der Waals surface area contributed by atoms with Gasteiger partial charge in [-0.3, -0.25) is 0 Å². The predicted molar refractivity (Wildman–Crippen MR) is 46.7 cm³/mol. The summed E-state index contributed by atoms with van der Waals surface area (Å²) in [5.41, 5.74) is 0. The van der Waals surface area contributed by atoms with E-state index in [0.717, 1.165) is 19.1 Å². The maximum atomic E-state index is 4.94. The molecule has 0 bridgehead atoms. The molecule has 1 N–H and O–H groups in total. The van der Waals surface area contributed by atoms with Crippen molar-refractivity contribution in [2.24, 2.45) is 5.92 Å². The van der Waals surface area contributed by atoms with Crippen molar-refractivity contribution < 1.29 is 4.74 Å². The van der Waals surface area contributed by atoms with Crippen LogP contribution in [0.2, 0.25) is 0 Å². The van der Waals surface area contributed by atoms with Gasteiger partial charge in [0.25, 0.3) is 0 Å². The summed E-state index contributed by atoms with van der Waals surface area (Å²) in [4.78, 5) is 0. The van der Waals surface area contributed by atoms with Crippen LogP contribution in [-0.2, 0) is 4.74 Å². The highest BCUT2D eigenvalue weighted by Gasteiger charge is 2.13. The second-order valence-corrected chi connectivity index (χ2v) is 3.35. The summed E-state index contributed by atoms with van der Waals surface area (Å²) in [6.07, 6.45) is 5.74. The third-order valence-corrected chi connectivity index (χ3v) is 2.39. The molecule has 0 aromatic rings. The summed E-state index contributed by atoms with van der Waals surface area (Å²) in [6, 6.07) is 0. The van der Waals surface area contributed by atoms with E-state index in [1.165, 1.54) is 32.2 Å². The van der Waals surface area contributed by atoms with Gasteiger partial charge in [-0.15, -0.1) is 0 Å². The monoisotopic (exact) mass is 157 g/mol. The topological polar surface area (TPSA) is 21.3 Å². The maximum Gasteiger partial charge on any atom is 0.0587 e. The van der Waals surface area contributed by atoms with Crippen LogP contribution in [0.15, 0.2) is 0 Å². The van der Waals surface area contributed by atoms with Gasteiger partial charge in [0.05, 0.1) is 6.61 Å². The van der Waals surface area contributed by atoms with E-state index in [0.29, 0.717) is 0 Å². The first-order chi connectivity index (χ1) is 5.43. The average Bonchev–Trinajstić information content (AvgIpc) is 2.50. The molecule has 0 atom stereocenters. The molecule has 0 aromatic carbocycles. The van der Waals surface area contributed by atoms with Gasteiger partial charge in [0.15, 0.2) is 0 Å². The molecule has 0 spiro atoms. The molecular formula is C9H19NO. The number of rotatable bonds is 5. The third kappa shape index (κ3) is 3.73. The van der Waals surface area contributed by atoms with Crippen LogP contribution in [0, 0.1) is 5.92 Å². The molecule has 2 nitrogen and oxygen atoms in total. The smallest absolute Gasteiger partial charge is 0.0587 e. The zero-order chi connectivity index (χ0) is 7.94. The highest BCUT2D eigenvalue weighted by Crippen LogP contribution is 2.23. The molecule has 0 aromatic heterocycles. The Morgan fingerprint density at radius 2 is 2.09 bits per heavy atom. The van der Waals surface area contributed by atoms with Crippen molar-refractivity contribution >= 4 is 0 Å². The van der Waals surface area contributed by atoms with Gasteiger partial charge in [-0.05, 0) is 25.3 Å². The van der Waals surface area contributed by atoms with Gasteiger partial charge < -0.3 is 10.1 Å². The van der Waals surface area contributed by atoms with Gasteiger partial charge in [-0.25, -0.2) is 0 Å². The van der Waals surface area contributed by atoms with Crippen molar-refractivity contribution in [2.75, 3.05) is 26.8 Å². The Hall–Kier alpha value is -0.0800. The Morgan fingerprint density at radius 1 is 1.36 bits per heavy atom. The quantitative estimate of drug-likeness (QED) is 0.609. The summed E-state index contributed by atoms with van der Waals surface area (Å²) in [7, 11) is 1.75. The minimum Gasteiger partial charge on any atom is -0.383 e. The molecule has 0 heterocycles. The molecule has 2 heteroatoms. The van der Waals surface area contributed by atoms with Crippen molar-refractivity contribution in [3.05, 3.63) is 0 Å². The SMILES string of the molecule is COCCNCC1CCCC1. The number of hydrogen-bond acceptors (Lipinski definition) is 2. The molecule has 11 heavy (non-hydrogen) atoms. The molecule has 0 aliphatic heterocycles. The lowest BCUT2D eigenvalue weighted by Crippen LogP contribution is -2.24.